The van der Waals surface area contributed by atoms with Crippen LogP contribution in [0.15, 0.2) is 0 Å². The van der Waals surface area contributed by atoms with Crippen molar-refractivity contribution in [2.45, 2.75) is 51.2 Å². The number of piperidine rings is 1. The van der Waals surface area contributed by atoms with Crippen molar-refractivity contribution in [3.63, 3.8) is 0 Å². The number of likely N-dealkylation sites (tertiary alicyclic amines) is 1. The Labute approximate surface area is 122 Å². The Bertz CT molecular complexity index is 318. The van der Waals surface area contributed by atoms with Gasteiger partial charge in [-0.3, -0.25) is 4.79 Å². The molecular weight excluding hydrogens is 254 g/mol. The average molecular weight is 283 g/mol. The average Bonchev–Trinajstić information content (AvgIpc) is 2.41. The van der Waals surface area contributed by atoms with Gasteiger partial charge in [-0.2, -0.15) is 0 Å². The number of ether oxygens (including phenoxy) is 1. The molecular formula is C15H29N3O2. The Morgan fingerprint density at radius 1 is 1.45 bits per heavy atom. The van der Waals surface area contributed by atoms with Gasteiger partial charge in [-0.25, -0.2) is 0 Å². The van der Waals surface area contributed by atoms with Gasteiger partial charge < -0.3 is 20.3 Å². The van der Waals surface area contributed by atoms with Gasteiger partial charge >= 0.3 is 0 Å². The summed E-state index contributed by atoms with van der Waals surface area (Å²) in [7, 11) is 0. The molecule has 2 aliphatic heterocycles. The molecule has 2 saturated heterocycles. The van der Waals surface area contributed by atoms with Crippen LogP contribution >= 0.6 is 0 Å². The van der Waals surface area contributed by atoms with Crippen molar-refractivity contribution < 1.29 is 9.53 Å². The van der Waals surface area contributed by atoms with E-state index in [1.165, 1.54) is 25.8 Å². The quantitative estimate of drug-likeness (QED) is 0.677. The van der Waals surface area contributed by atoms with Gasteiger partial charge in [0.25, 0.3) is 0 Å². The molecule has 0 bridgehead atoms. The summed E-state index contributed by atoms with van der Waals surface area (Å²) in [6.45, 7) is 9.25. The van der Waals surface area contributed by atoms with Crippen LogP contribution in [0.1, 0.15) is 39.5 Å². The third kappa shape index (κ3) is 4.72. The highest BCUT2D eigenvalue weighted by Crippen LogP contribution is 2.16. The summed E-state index contributed by atoms with van der Waals surface area (Å²) in [4.78, 5) is 14.2. The fourth-order valence-corrected chi connectivity index (χ4v) is 2.87. The van der Waals surface area contributed by atoms with Gasteiger partial charge in [0.1, 0.15) is 6.61 Å². The molecule has 116 valence electrons. The number of rotatable bonds is 7. The molecule has 5 nitrogen and oxygen atoms in total. The van der Waals surface area contributed by atoms with Crippen molar-refractivity contribution in [3.8, 4) is 0 Å². The zero-order valence-electron chi connectivity index (χ0n) is 12.9. The van der Waals surface area contributed by atoms with Crippen molar-refractivity contribution in [2.24, 2.45) is 0 Å². The lowest BCUT2D eigenvalue weighted by Gasteiger charge is -2.38. The van der Waals surface area contributed by atoms with Crippen LogP contribution in [0.2, 0.25) is 0 Å². The third-order valence-corrected chi connectivity index (χ3v) is 4.43. The van der Waals surface area contributed by atoms with E-state index in [0.29, 0.717) is 6.04 Å². The monoisotopic (exact) mass is 283 g/mol. The number of carbonyl (C=O) groups is 1. The van der Waals surface area contributed by atoms with E-state index in [9.17, 15) is 4.79 Å². The minimum absolute atomic E-state index is 0.00446. The molecule has 0 radical (unpaired) electrons. The van der Waals surface area contributed by atoms with Crippen LogP contribution in [0.3, 0.4) is 0 Å². The molecule has 0 aromatic rings. The van der Waals surface area contributed by atoms with Gasteiger partial charge in [0.2, 0.25) is 5.91 Å². The molecule has 1 atom stereocenters. The van der Waals surface area contributed by atoms with Crippen LogP contribution in [-0.2, 0) is 9.53 Å². The molecule has 5 heteroatoms. The molecule has 0 saturated carbocycles. The summed E-state index contributed by atoms with van der Waals surface area (Å²) in [6, 6.07) is 0.703. The first-order valence-corrected chi connectivity index (χ1v) is 7.94. The summed E-state index contributed by atoms with van der Waals surface area (Å²) < 4.78 is 5.61. The van der Waals surface area contributed by atoms with E-state index in [4.69, 9.17) is 4.74 Å². The van der Waals surface area contributed by atoms with Gasteiger partial charge in [0.15, 0.2) is 0 Å². The normalized spacial score (nSPS) is 26.0. The summed E-state index contributed by atoms with van der Waals surface area (Å²) in [6.07, 6.45) is 5.01. The molecule has 1 unspecified atom stereocenters. The fourth-order valence-electron chi connectivity index (χ4n) is 2.87. The Balaban J connectivity index is 1.50. The van der Waals surface area contributed by atoms with Crippen LogP contribution < -0.4 is 10.6 Å². The number of hydrogen-bond donors (Lipinski definition) is 2. The predicted octanol–water partition coefficient (Wildman–Crippen LogP) is 0.746. The Kier molecular flexibility index (Phi) is 5.81. The van der Waals surface area contributed by atoms with E-state index >= 15 is 0 Å². The molecule has 1 amide bonds. The topological polar surface area (TPSA) is 53.6 Å². The zero-order chi connectivity index (χ0) is 14.4. The van der Waals surface area contributed by atoms with E-state index in [2.05, 4.69) is 22.5 Å². The molecule has 2 fully saturated rings. The summed E-state index contributed by atoms with van der Waals surface area (Å²) >= 11 is 0. The lowest BCUT2D eigenvalue weighted by atomic mass is 10.0. The van der Waals surface area contributed by atoms with E-state index in [-0.39, 0.29) is 18.1 Å². The van der Waals surface area contributed by atoms with Crippen LogP contribution in [0.25, 0.3) is 0 Å². The SMILES string of the molecule is CC1CCCCN1CCCNC(=O)COC1(C)CNC1. The first-order chi connectivity index (χ1) is 9.59. The molecule has 0 aromatic heterocycles. The van der Waals surface area contributed by atoms with Crippen LogP contribution in [0.4, 0.5) is 0 Å². The zero-order valence-corrected chi connectivity index (χ0v) is 12.9. The highest BCUT2D eigenvalue weighted by Gasteiger charge is 2.32. The molecule has 2 aliphatic rings. The number of nitrogens with zero attached hydrogens (tertiary/aromatic N) is 1. The van der Waals surface area contributed by atoms with Crippen molar-refractivity contribution in [1.29, 1.82) is 0 Å². The number of amides is 1. The Hall–Kier alpha value is -0.650. The second-order valence-electron chi connectivity index (χ2n) is 6.43. The molecule has 2 N–H and O–H groups in total. The minimum Gasteiger partial charge on any atom is -0.363 e. The molecule has 20 heavy (non-hydrogen) atoms. The predicted molar refractivity (Wildman–Crippen MR) is 79.7 cm³/mol. The van der Waals surface area contributed by atoms with Gasteiger partial charge in [-0.05, 0) is 39.7 Å². The minimum atomic E-state index is -0.138. The molecule has 2 rings (SSSR count). The molecule has 0 spiro atoms. The number of nitrogens with one attached hydrogen (secondary N) is 2. The van der Waals surface area contributed by atoms with Crippen LogP contribution in [-0.4, -0.2) is 61.8 Å². The second kappa shape index (κ2) is 7.38. The maximum atomic E-state index is 11.7. The van der Waals surface area contributed by atoms with Crippen molar-refractivity contribution in [2.75, 3.05) is 39.3 Å². The fraction of sp³-hybridized carbons (Fsp3) is 0.933. The number of hydrogen-bond acceptors (Lipinski definition) is 4. The first-order valence-electron chi connectivity index (χ1n) is 7.94. The van der Waals surface area contributed by atoms with Gasteiger partial charge in [-0.1, -0.05) is 6.42 Å². The Morgan fingerprint density at radius 3 is 2.90 bits per heavy atom. The maximum absolute atomic E-state index is 11.7. The van der Waals surface area contributed by atoms with Gasteiger partial charge in [-0.15, -0.1) is 0 Å². The van der Waals surface area contributed by atoms with E-state index in [1.54, 1.807) is 0 Å². The lowest BCUT2D eigenvalue weighted by Crippen LogP contribution is -2.59. The summed E-state index contributed by atoms with van der Waals surface area (Å²) in [5.74, 6) is 0.00446. The smallest absolute Gasteiger partial charge is 0.246 e. The van der Waals surface area contributed by atoms with Crippen molar-refractivity contribution >= 4 is 5.91 Å². The third-order valence-electron chi connectivity index (χ3n) is 4.43. The lowest BCUT2D eigenvalue weighted by molar-refractivity contribution is -0.135. The van der Waals surface area contributed by atoms with E-state index < -0.39 is 0 Å². The van der Waals surface area contributed by atoms with Gasteiger partial charge in [0, 0.05) is 32.2 Å². The summed E-state index contributed by atoms with van der Waals surface area (Å²) in [5.41, 5.74) is -0.138. The standard InChI is InChI=1S/C15H29N3O2/c1-13-6-3-4-8-18(13)9-5-7-17-14(19)10-20-15(2)11-16-12-15/h13,16H,3-12H2,1-2H3,(H,17,19). The highest BCUT2D eigenvalue weighted by atomic mass is 16.5. The van der Waals surface area contributed by atoms with Crippen molar-refractivity contribution in [1.82, 2.24) is 15.5 Å². The van der Waals surface area contributed by atoms with Gasteiger partial charge in [0.05, 0.1) is 5.60 Å². The number of carbonyl (C=O) groups excluding carboxylic acids is 1. The van der Waals surface area contributed by atoms with E-state index in [0.717, 1.165) is 32.6 Å². The van der Waals surface area contributed by atoms with Crippen LogP contribution in [0.5, 0.6) is 0 Å². The molecule has 0 aliphatic carbocycles. The molecule has 2 heterocycles. The highest BCUT2D eigenvalue weighted by molar-refractivity contribution is 5.77. The maximum Gasteiger partial charge on any atom is 0.246 e. The van der Waals surface area contributed by atoms with Crippen LogP contribution in [0, 0.1) is 0 Å². The van der Waals surface area contributed by atoms with E-state index in [1.807, 2.05) is 6.92 Å². The largest absolute Gasteiger partial charge is 0.363 e. The molecule has 0 aromatic carbocycles. The Morgan fingerprint density at radius 2 is 2.25 bits per heavy atom. The summed E-state index contributed by atoms with van der Waals surface area (Å²) in [5, 5.41) is 6.10. The second-order valence-corrected chi connectivity index (χ2v) is 6.43. The van der Waals surface area contributed by atoms with Crippen molar-refractivity contribution in [3.05, 3.63) is 0 Å². The first kappa shape index (κ1) is 15.7.